The highest BCUT2D eigenvalue weighted by atomic mass is 19.1. The van der Waals surface area contributed by atoms with Crippen molar-refractivity contribution in [3.63, 3.8) is 0 Å². The van der Waals surface area contributed by atoms with Gasteiger partial charge in [-0.3, -0.25) is 9.59 Å². The maximum absolute atomic E-state index is 13.2. The lowest BCUT2D eigenvalue weighted by atomic mass is 9.97. The average molecular weight is 518 g/mol. The molecule has 0 unspecified atom stereocenters. The topological polar surface area (TPSA) is 83.1 Å². The Balaban J connectivity index is 1.49. The van der Waals surface area contributed by atoms with E-state index in [1.165, 1.54) is 37.5 Å². The minimum absolute atomic E-state index is 0.244. The standard InChI is InChI=1S/C30H28FNO6/c1-30(2)16-15-23-25(35-3)14-11-22(29(23)38-30)24(33)12-5-19-6-13-26(36-4)27(17-19)37-18-28(34)32-21-9-7-20(31)8-10-21/h5-17H,18H2,1-4H3,(H,32,34)/b12-5+. The average Bonchev–Trinajstić information content (AvgIpc) is 2.90. The number of benzene rings is 3. The van der Waals surface area contributed by atoms with E-state index in [4.69, 9.17) is 18.9 Å². The van der Waals surface area contributed by atoms with Crippen molar-refractivity contribution in [2.45, 2.75) is 19.4 Å². The number of allylic oxidation sites excluding steroid dienone is 1. The number of anilines is 1. The van der Waals surface area contributed by atoms with E-state index in [1.807, 2.05) is 26.0 Å². The Morgan fingerprint density at radius 1 is 0.974 bits per heavy atom. The van der Waals surface area contributed by atoms with Gasteiger partial charge in [0.1, 0.15) is 22.9 Å². The minimum atomic E-state index is -0.566. The summed E-state index contributed by atoms with van der Waals surface area (Å²) in [5.74, 6) is 0.781. The fourth-order valence-electron chi connectivity index (χ4n) is 3.85. The molecule has 1 aliphatic heterocycles. The first-order valence-electron chi connectivity index (χ1n) is 11.9. The summed E-state index contributed by atoms with van der Waals surface area (Å²) in [7, 11) is 3.06. The van der Waals surface area contributed by atoms with Gasteiger partial charge in [-0.05, 0) is 86.2 Å². The van der Waals surface area contributed by atoms with Gasteiger partial charge in [0.2, 0.25) is 0 Å². The summed E-state index contributed by atoms with van der Waals surface area (Å²) < 4.78 is 35.6. The molecule has 0 atom stereocenters. The number of halogens is 1. The normalized spacial score (nSPS) is 13.4. The first kappa shape index (κ1) is 26.5. The lowest BCUT2D eigenvalue weighted by Gasteiger charge is -2.29. The van der Waals surface area contributed by atoms with E-state index in [-0.39, 0.29) is 12.4 Å². The lowest BCUT2D eigenvalue weighted by Crippen LogP contribution is -2.28. The van der Waals surface area contributed by atoms with Crippen LogP contribution in [-0.4, -0.2) is 38.1 Å². The number of ether oxygens (including phenoxy) is 4. The summed E-state index contributed by atoms with van der Waals surface area (Å²) in [6, 6.07) is 14.0. The van der Waals surface area contributed by atoms with Crippen molar-refractivity contribution in [3.8, 4) is 23.0 Å². The Morgan fingerprint density at radius 3 is 2.39 bits per heavy atom. The summed E-state index contributed by atoms with van der Waals surface area (Å²) in [5.41, 5.74) is 1.67. The second-order valence-corrected chi connectivity index (χ2v) is 9.05. The zero-order valence-electron chi connectivity index (χ0n) is 21.5. The monoisotopic (exact) mass is 517 g/mol. The van der Waals surface area contributed by atoms with E-state index < -0.39 is 17.3 Å². The molecule has 8 heteroatoms. The van der Waals surface area contributed by atoms with Gasteiger partial charge in [0.25, 0.3) is 5.91 Å². The Bertz CT molecular complexity index is 1410. The molecule has 7 nitrogen and oxygen atoms in total. The zero-order chi connectivity index (χ0) is 27.3. The highest BCUT2D eigenvalue weighted by Gasteiger charge is 2.27. The van der Waals surface area contributed by atoms with E-state index >= 15 is 0 Å². The number of rotatable bonds is 9. The van der Waals surface area contributed by atoms with Crippen molar-refractivity contribution >= 4 is 29.5 Å². The van der Waals surface area contributed by atoms with Gasteiger partial charge in [0, 0.05) is 5.69 Å². The molecule has 1 N–H and O–H groups in total. The molecular weight excluding hydrogens is 489 g/mol. The molecule has 0 spiro atoms. The van der Waals surface area contributed by atoms with Crippen LogP contribution in [0.5, 0.6) is 23.0 Å². The van der Waals surface area contributed by atoms with Crippen LogP contribution >= 0.6 is 0 Å². The maximum Gasteiger partial charge on any atom is 0.262 e. The van der Waals surface area contributed by atoms with Crippen molar-refractivity contribution in [2.24, 2.45) is 0 Å². The number of fused-ring (bicyclic) bond motifs is 1. The largest absolute Gasteiger partial charge is 0.496 e. The Labute approximate surface area is 220 Å². The molecule has 3 aromatic carbocycles. The van der Waals surface area contributed by atoms with Crippen molar-refractivity contribution in [3.05, 3.63) is 89.3 Å². The minimum Gasteiger partial charge on any atom is -0.496 e. The van der Waals surface area contributed by atoms with E-state index in [1.54, 1.807) is 43.5 Å². The van der Waals surface area contributed by atoms with Crippen molar-refractivity contribution < 1.29 is 32.9 Å². The van der Waals surface area contributed by atoms with Gasteiger partial charge in [-0.15, -0.1) is 0 Å². The van der Waals surface area contributed by atoms with Crippen LogP contribution in [0.1, 0.15) is 35.3 Å². The number of nitrogens with one attached hydrogen (secondary N) is 1. The zero-order valence-corrected chi connectivity index (χ0v) is 21.5. The molecule has 1 aliphatic rings. The summed E-state index contributed by atoms with van der Waals surface area (Å²) in [6.45, 7) is 3.53. The van der Waals surface area contributed by atoms with Crippen LogP contribution in [0.4, 0.5) is 10.1 Å². The number of hydrogen-bond donors (Lipinski definition) is 1. The number of amides is 1. The number of carbonyl (C=O) groups is 2. The van der Waals surface area contributed by atoms with Crippen molar-refractivity contribution in [1.82, 2.24) is 0 Å². The Hall–Kier alpha value is -4.59. The molecule has 0 aromatic heterocycles. The summed E-state index contributed by atoms with van der Waals surface area (Å²) in [6.07, 6.45) is 6.91. The SMILES string of the molecule is COc1ccc(/C=C/C(=O)c2ccc(OC)c3c2OC(C)(C)C=C3)cc1OCC(=O)Nc1ccc(F)cc1. The lowest BCUT2D eigenvalue weighted by molar-refractivity contribution is -0.118. The summed E-state index contributed by atoms with van der Waals surface area (Å²) in [4.78, 5) is 25.4. The van der Waals surface area contributed by atoms with Gasteiger partial charge in [-0.1, -0.05) is 12.1 Å². The molecule has 1 heterocycles. The molecule has 4 rings (SSSR count). The Kier molecular flexibility index (Phi) is 7.81. The predicted molar refractivity (Wildman–Crippen MR) is 144 cm³/mol. The fourth-order valence-corrected chi connectivity index (χ4v) is 3.85. The quantitative estimate of drug-likeness (QED) is 0.279. The molecule has 0 bridgehead atoms. The van der Waals surface area contributed by atoms with Gasteiger partial charge < -0.3 is 24.3 Å². The van der Waals surface area contributed by atoms with E-state index in [9.17, 15) is 14.0 Å². The highest BCUT2D eigenvalue weighted by Crippen LogP contribution is 2.40. The molecule has 3 aromatic rings. The molecular formula is C30H28FNO6. The van der Waals surface area contributed by atoms with Crippen LogP contribution in [0, 0.1) is 5.82 Å². The van der Waals surface area contributed by atoms with Gasteiger partial charge in [0.05, 0.1) is 25.3 Å². The number of methoxy groups -OCH3 is 2. The van der Waals surface area contributed by atoms with Crippen molar-refractivity contribution in [2.75, 3.05) is 26.1 Å². The molecule has 0 radical (unpaired) electrons. The molecule has 1 amide bonds. The molecule has 38 heavy (non-hydrogen) atoms. The van der Waals surface area contributed by atoms with E-state index in [0.717, 1.165) is 0 Å². The second-order valence-electron chi connectivity index (χ2n) is 9.05. The van der Waals surface area contributed by atoms with Crippen LogP contribution in [-0.2, 0) is 4.79 Å². The molecule has 0 saturated heterocycles. The third-order valence-electron chi connectivity index (χ3n) is 5.76. The predicted octanol–water partition coefficient (Wildman–Crippen LogP) is 5.94. The van der Waals surface area contributed by atoms with Crippen LogP contribution in [0.15, 0.2) is 66.7 Å². The fraction of sp³-hybridized carbons (Fsp3) is 0.200. The maximum atomic E-state index is 13.2. The first-order valence-corrected chi connectivity index (χ1v) is 11.9. The van der Waals surface area contributed by atoms with E-state index in [0.29, 0.717) is 45.4 Å². The van der Waals surface area contributed by atoms with Crippen LogP contribution < -0.4 is 24.3 Å². The highest BCUT2D eigenvalue weighted by molar-refractivity contribution is 6.09. The molecule has 0 saturated carbocycles. The molecule has 196 valence electrons. The Morgan fingerprint density at radius 2 is 1.68 bits per heavy atom. The number of hydrogen-bond acceptors (Lipinski definition) is 6. The molecule has 0 fully saturated rings. The van der Waals surface area contributed by atoms with Gasteiger partial charge in [-0.2, -0.15) is 0 Å². The van der Waals surface area contributed by atoms with Gasteiger partial charge >= 0.3 is 0 Å². The smallest absolute Gasteiger partial charge is 0.262 e. The number of carbonyl (C=O) groups excluding carboxylic acids is 2. The molecule has 0 aliphatic carbocycles. The van der Waals surface area contributed by atoms with Crippen LogP contribution in [0.25, 0.3) is 12.2 Å². The first-order chi connectivity index (χ1) is 18.2. The summed E-state index contributed by atoms with van der Waals surface area (Å²) in [5, 5.41) is 2.63. The van der Waals surface area contributed by atoms with Crippen LogP contribution in [0.3, 0.4) is 0 Å². The van der Waals surface area contributed by atoms with Gasteiger partial charge in [-0.25, -0.2) is 4.39 Å². The van der Waals surface area contributed by atoms with Crippen molar-refractivity contribution in [1.29, 1.82) is 0 Å². The third kappa shape index (κ3) is 6.21. The second kappa shape index (κ2) is 11.2. The van der Waals surface area contributed by atoms with Crippen LogP contribution in [0.2, 0.25) is 0 Å². The van der Waals surface area contributed by atoms with Gasteiger partial charge in [0.15, 0.2) is 23.9 Å². The van der Waals surface area contributed by atoms with E-state index in [2.05, 4.69) is 5.32 Å². The number of ketones is 1. The third-order valence-corrected chi connectivity index (χ3v) is 5.76. The summed E-state index contributed by atoms with van der Waals surface area (Å²) >= 11 is 0.